The molecule has 2 aliphatic rings. The summed E-state index contributed by atoms with van der Waals surface area (Å²) >= 11 is 0. The number of hydrogen-bond donors (Lipinski definition) is 1. The molecule has 2 aliphatic heterocycles. The predicted molar refractivity (Wildman–Crippen MR) is 101 cm³/mol. The summed E-state index contributed by atoms with van der Waals surface area (Å²) in [5.74, 6) is -1.95. The van der Waals surface area contributed by atoms with E-state index >= 15 is 0 Å². The zero-order valence-electron chi connectivity index (χ0n) is 15.3. The highest BCUT2D eigenvalue weighted by atomic mass is 16.4. The molecule has 0 aliphatic carbocycles. The van der Waals surface area contributed by atoms with Crippen molar-refractivity contribution in [3.8, 4) is 0 Å². The number of hydrogen-bond acceptors (Lipinski definition) is 4. The highest BCUT2D eigenvalue weighted by Gasteiger charge is 2.35. The van der Waals surface area contributed by atoms with Crippen LogP contribution < -0.4 is 0 Å². The van der Waals surface area contributed by atoms with Gasteiger partial charge in [0, 0.05) is 36.0 Å². The Morgan fingerprint density at radius 1 is 1.04 bits per heavy atom. The summed E-state index contributed by atoms with van der Waals surface area (Å²) in [4.78, 5) is 51.8. The van der Waals surface area contributed by atoms with Crippen molar-refractivity contribution in [3.63, 3.8) is 0 Å². The first kappa shape index (κ1) is 18.2. The van der Waals surface area contributed by atoms with Gasteiger partial charge in [0.2, 0.25) is 5.91 Å². The summed E-state index contributed by atoms with van der Waals surface area (Å²) in [6.45, 7) is 0.562. The van der Waals surface area contributed by atoms with Crippen molar-refractivity contribution < 1.29 is 24.3 Å². The molecule has 1 saturated heterocycles. The second-order valence-corrected chi connectivity index (χ2v) is 7.16. The van der Waals surface area contributed by atoms with Gasteiger partial charge in [-0.15, -0.1) is 0 Å². The second-order valence-electron chi connectivity index (χ2n) is 7.16. The van der Waals surface area contributed by atoms with E-state index in [4.69, 9.17) is 0 Å². The maximum Gasteiger partial charge on any atom is 0.326 e. The molecule has 1 N–H and O–H groups in total. The molecule has 0 spiro atoms. The number of carbonyl (C=O) groups is 4. The molecule has 4 rings (SSSR count). The van der Waals surface area contributed by atoms with Gasteiger partial charge >= 0.3 is 5.97 Å². The molecule has 1 unspecified atom stereocenters. The zero-order chi connectivity index (χ0) is 19.8. The van der Waals surface area contributed by atoms with Crippen molar-refractivity contribution >= 4 is 34.5 Å². The van der Waals surface area contributed by atoms with E-state index < -0.39 is 12.0 Å². The minimum Gasteiger partial charge on any atom is -0.480 e. The van der Waals surface area contributed by atoms with E-state index in [1.54, 1.807) is 24.3 Å². The molecule has 2 heterocycles. The van der Waals surface area contributed by atoms with Crippen LogP contribution in [0.3, 0.4) is 0 Å². The van der Waals surface area contributed by atoms with E-state index in [0.717, 1.165) is 5.39 Å². The van der Waals surface area contributed by atoms with Gasteiger partial charge in [0.15, 0.2) is 0 Å². The molecule has 0 radical (unpaired) electrons. The summed E-state index contributed by atoms with van der Waals surface area (Å²) in [5.41, 5.74) is 0.981. The molecular formula is C21H20N2O5. The van der Waals surface area contributed by atoms with Crippen LogP contribution in [0.4, 0.5) is 0 Å². The number of nitrogens with zero attached hydrogens (tertiary/aromatic N) is 2. The second kappa shape index (κ2) is 7.07. The first-order valence-corrected chi connectivity index (χ1v) is 9.39. The van der Waals surface area contributed by atoms with E-state index in [2.05, 4.69) is 0 Å². The predicted octanol–water partition coefficient (Wildman–Crippen LogP) is 2.29. The molecule has 1 atom stereocenters. The number of carboxylic acid groups (broad SMARTS) is 1. The summed E-state index contributed by atoms with van der Waals surface area (Å²) in [6, 6.07) is 9.96. The fourth-order valence-electron chi connectivity index (χ4n) is 4.14. The molecule has 2 aromatic carbocycles. The Balaban J connectivity index is 1.46. The third-order valence-corrected chi connectivity index (χ3v) is 5.49. The number of aliphatic carboxylic acids is 1. The summed E-state index contributed by atoms with van der Waals surface area (Å²) in [5, 5.41) is 10.7. The Kier molecular flexibility index (Phi) is 4.58. The van der Waals surface area contributed by atoms with E-state index in [0.29, 0.717) is 42.3 Å². The number of carboxylic acids is 1. The molecule has 2 aromatic rings. The first-order chi connectivity index (χ1) is 13.5. The Hall–Kier alpha value is -3.22. The summed E-state index contributed by atoms with van der Waals surface area (Å²) < 4.78 is 0. The van der Waals surface area contributed by atoms with Crippen LogP contribution in [0, 0.1) is 0 Å². The highest BCUT2D eigenvalue weighted by molar-refractivity contribution is 6.25. The quantitative estimate of drug-likeness (QED) is 0.803. The fourth-order valence-corrected chi connectivity index (χ4v) is 4.14. The van der Waals surface area contributed by atoms with Gasteiger partial charge in [-0.25, -0.2) is 4.79 Å². The number of benzene rings is 2. The van der Waals surface area contributed by atoms with Gasteiger partial charge in [-0.3, -0.25) is 19.3 Å². The maximum absolute atomic E-state index is 12.8. The third-order valence-electron chi connectivity index (χ3n) is 5.49. The number of rotatable bonds is 5. The smallest absolute Gasteiger partial charge is 0.326 e. The van der Waals surface area contributed by atoms with Gasteiger partial charge in [0.05, 0.1) is 0 Å². The van der Waals surface area contributed by atoms with Gasteiger partial charge < -0.3 is 10.0 Å². The Bertz CT molecular complexity index is 949. The summed E-state index contributed by atoms with van der Waals surface area (Å²) in [6.07, 6.45) is 1.54. The van der Waals surface area contributed by atoms with Gasteiger partial charge in [-0.1, -0.05) is 24.3 Å². The number of imide groups is 1. The minimum atomic E-state index is -0.989. The first-order valence-electron chi connectivity index (χ1n) is 9.39. The Labute approximate surface area is 161 Å². The van der Waals surface area contributed by atoms with Gasteiger partial charge in [-0.2, -0.15) is 0 Å². The molecule has 0 bridgehead atoms. The SMILES string of the molecule is O=C(O)C1CCCN1C(=O)CCCN1C(=O)c2cccc3cccc(c23)C1=O. The van der Waals surface area contributed by atoms with Crippen LogP contribution in [0.5, 0.6) is 0 Å². The molecular weight excluding hydrogens is 360 g/mol. The Morgan fingerprint density at radius 2 is 1.68 bits per heavy atom. The maximum atomic E-state index is 12.8. The molecule has 144 valence electrons. The van der Waals surface area contributed by atoms with E-state index in [-0.39, 0.29) is 30.7 Å². The molecule has 1 fully saturated rings. The summed E-state index contributed by atoms with van der Waals surface area (Å²) in [7, 11) is 0. The van der Waals surface area contributed by atoms with Gasteiger partial charge in [-0.05, 0) is 36.8 Å². The third kappa shape index (κ3) is 2.93. The molecule has 28 heavy (non-hydrogen) atoms. The average Bonchev–Trinajstić information content (AvgIpc) is 3.19. The van der Waals surface area contributed by atoms with Crippen LogP contribution in [0.25, 0.3) is 10.8 Å². The average molecular weight is 380 g/mol. The molecule has 3 amide bonds. The van der Waals surface area contributed by atoms with Crippen LogP contribution in [0.15, 0.2) is 36.4 Å². The molecule has 7 nitrogen and oxygen atoms in total. The fraction of sp³-hybridized carbons (Fsp3) is 0.333. The van der Waals surface area contributed by atoms with E-state index in [1.165, 1.54) is 9.80 Å². The van der Waals surface area contributed by atoms with Crippen molar-refractivity contribution in [1.29, 1.82) is 0 Å². The van der Waals surface area contributed by atoms with Crippen LogP contribution >= 0.6 is 0 Å². The van der Waals surface area contributed by atoms with Crippen molar-refractivity contribution in [2.24, 2.45) is 0 Å². The standard InChI is InChI=1S/C21H20N2O5/c24-17(22-11-3-9-16(22)21(27)28)10-4-12-23-19(25)14-7-1-5-13-6-2-8-15(18(13)14)20(23)26/h1-2,5-8,16H,3-4,9-12H2,(H,27,28). The Morgan fingerprint density at radius 3 is 2.29 bits per heavy atom. The normalized spacial score (nSPS) is 18.8. The van der Waals surface area contributed by atoms with Crippen LogP contribution in [-0.2, 0) is 9.59 Å². The van der Waals surface area contributed by atoms with E-state index in [1.807, 2.05) is 12.1 Å². The van der Waals surface area contributed by atoms with Gasteiger partial charge in [0.1, 0.15) is 6.04 Å². The lowest BCUT2D eigenvalue weighted by Crippen LogP contribution is -2.42. The van der Waals surface area contributed by atoms with Gasteiger partial charge in [0.25, 0.3) is 11.8 Å². The molecule has 0 aromatic heterocycles. The zero-order valence-corrected chi connectivity index (χ0v) is 15.3. The largest absolute Gasteiger partial charge is 0.480 e. The minimum absolute atomic E-state index is 0.104. The van der Waals surface area contributed by atoms with Crippen LogP contribution in [-0.4, -0.2) is 57.7 Å². The lowest BCUT2D eigenvalue weighted by atomic mass is 9.94. The molecule has 7 heteroatoms. The lowest BCUT2D eigenvalue weighted by Gasteiger charge is -2.27. The van der Waals surface area contributed by atoms with Crippen molar-refractivity contribution in [2.45, 2.75) is 31.7 Å². The number of likely N-dealkylation sites (tertiary alicyclic amines) is 1. The number of amides is 3. The van der Waals surface area contributed by atoms with Crippen molar-refractivity contribution in [2.75, 3.05) is 13.1 Å². The van der Waals surface area contributed by atoms with Crippen molar-refractivity contribution in [3.05, 3.63) is 47.5 Å². The lowest BCUT2D eigenvalue weighted by molar-refractivity contribution is -0.148. The van der Waals surface area contributed by atoms with E-state index in [9.17, 15) is 24.3 Å². The van der Waals surface area contributed by atoms with Crippen LogP contribution in [0.1, 0.15) is 46.4 Å². The van der Waals surface area contributed by atoms with Crippen molar-refractivity contribution in [1.82, 2.24) is 9.80 Å². The molecule has 0 saturated carbocycles. The topological polar surface area (TPSA) is 95.0 Å². The highest BCUT2D eigenvalue weighted by Crippen LogP contribution is 2.30. The van der Waals surface area contributed by atoms with Crippen LogP contribution in [0.2, 0.25) is 0 Å². The monoisotopic (exact) mass is 380 g/mol. The number of carbonyl (C=O) groups excluding carboxylic acids is 3.